The Hall–Kier alpha value is -2.30. The van der Waals surface area contributed by atoms with Crippen LogP contribution in [-0.4, -0.2) is 38.8 Å². The minimum Gasteiger partial charge on any atom is -0.338 e. The molecule has 2 aromatic heterocycles. The number of aromatic nitrogens is 3. The molecule has 5 heteroatoms. The van der Waals surface area contributed by atoms with Crippen LogP contribution in [0, 0.1) is 6.92 Å². The molecule has 0 N–H and O–H groups in total. The van der Waals surface area contributed by atoms with Crippen LogP contribution in [0.2, 0.25) is 0 Å². The maximum Gasteiger partial charge on any atom is 0.253 e. The van der Waals surface area contributed by atoms with E-state index in [0.717, 1.165) is 30.8 Å². The fourth-order valence-corrected chi connectivity index (χ4v) is 2.76. The summed E-state index contributed by atoms with van der Waals surface area (Å²) >= 11 is 0. The van der Waals surface area contributed by atoms with Crippen molar-refractivity contribution < 1.29 is 4.79 Å². The molecule has 0 unspecified atom stereocenters. The first-order valence-electron chi connectivity index (χ1n) is 7.22. The molecular formula is C16H18N4O. The lowest BCUT2D eigenvalue weighted by Crippen LogP contribution is -2.39. The summed E-state index contributed by atoms with van der Waals surface area (Å²) in [4.78, 5) is 27.1. The Balaban J connectivity index is 1.75. The number of amides is 1. The van der Waals surface area contributed by atoms with Crippen molar-refractivity contribution in [2.75, 3.05) is 13.1 Å². The van der Waals surface area contributed by atoms with Gasteiger partial charge < -0.3 is 4.90 Å². The van der Waals surface area contributed by atoms with Gasteiger partial charge in [-0.15, -0.1) is 0 Å². The van der Waals surface area contributed by atoms with Gasteiger partial charge in [-0.2, -0.15) is 0 Å². The summed E-state index contributed by atoms with van der Waals surface area (Å²) in [6, 6.07) is 3.52. The summed E-state index contributed by atoms with van der Waals surface area (Å²) in [5.41, 5.74) is 2.60. The van der Waals surface area contributed by atoms with Crippen molar-refractivity contribution in [1.29, 1.82) is 0 Å². The minimum atomic E-state index is 0.0720. The van der Waals surface area contributed by atoms with Crippen molar-refractivity contribution in [2.45, 2.75) is 25.7 Å². The summed E-state index contributed by atoms with van der Waals surface area (Å²) in [6.07, 6.45) is 8.93. The normalized spacial score (nSPS) is 18.5. The van der Waals surface area contributed by atoms with E-state index < -0.39 is 0 Å². The van der Waals surface area contributed by atoms with E-state index in [9.17, 15) is 4.79 Å². The van der Waals surface area contributed by atoms with Crippen LogP contribution >= 0.6 is 0 Å². The number of hydrogen-bond donors (Lipinski definition) is 0. The number of aryl methyl sites for hydroxylation is 1. The average Bonchev–Trinajstić information content (AvgIpc) is 2.55. The lowest BCUT2D eigenvalue weighted by atomic mass is 9.94. The van der Waals surface area contributed by atoms with E-state index in [1.54, 1.807) is 30.7 Å². The monoisotopic (exact) mass is 282 g/mol. The number of pyridine rings is 1. The van der Waals surface area contributed by atoms with Crippen LogP contribution in [0.5, 0.6) is 0 Å². The number of nitrogens with zero attached hydrogens (tertiary/aromatic N) is 4. The number of likely N-dealkylation sites (tertiary alicyclic amines) is 1. The van der Waals surface area contributed by atoms with Crippen LogP contribution in [0.3, 0.4) is 0 Å². The van der Waals surface area contributed by atoms with Crippen LogP contribution in [0.4, 0.5) is 0 Å². The predicted octanol–water partition coefficient (Wildman–Crippen LogP) is 2.20. The van der Waals surface area contributed by atoms with Gasteiger partial charge in [-0.25, -0.2) is 0 Å². The van der Waals surface area contributed by atoms with E-state index in [-0.39, 0.29) is 11.8 Å². The fourth-order valence-electron chi connectivity index (χ4n) is 2.76. The SMILES string of the molecule is Cc1cncc([C@H]2CCCN(C(=O)c3ccncc3)C2)n1. The molecule has 3 rings (SSSR count). The van der Waals surface area contributed by atoms with E-state index in [1.807, 2.05) is 18.0 Å². The number of piperidine rings is 1. The van der Waals surface area contributed by atoms with Gasteiger partial charge in [0.25, 0.3) is 5.91 Å². The average molecular weight is 282 g/mol. The van der Waals surface area contributed by atoms with Crippen molar-refractivity contribution in [3.63, 3.8) is 0 Å². The van der Waals surface area contributed by atoms with E-state index in [1.165, 1.54) is 0 Å². The zero-order valence-electron chi connectivity index (χ0n) is 12.1. The molecule has 1 aliphatic rings. The molecule has 1 aliphatic heterocycles. The van der Waals surface area contributed by atoms with Gasteiger partial charge in [0, 0.05) is 49.4 Å². The Kier molecular flexibility index (Phi) is 3.90. The smallest absolute Gasteiger partial charge is 0.253 e. The van der Waals surface area contributed by atoms with E-state index in [2.05, 4.69) is 15.0 Å². The minimum absolute atomic E-state index is 0.0720. The Labute approximate surface area is 124 Å². The van der Waals surface area contributed by atoms with Gasteiger partial charge in [0.2, 0.25) is 0 Å². The highest BCUT2D eigenvalue weighted by molar-refractivity contribution is 5.94. The van der Waals surface area contributed by atoms with Gasteiger partial charge in [0.15, 0.2) is 0 Å². The Morgan fingerprint density at radius 3 is 2.81 bits per heavy atom. The van der Waals surface area contributed by atoms with Gasteiger partial charge in [0.1, 0.15) is 0 Å². The van der Waals surface area contributed by atoms with Crippen molar-refractivity contribution in [2.24, 2.45) is 0 Å². The number of rotatable bonds is 2. The second-order valence-corrected chi connectivity index (χ2v) is 5.41. The molecule has 0 spiro atoms. The van der Waals surface area contributed by atoms with Crippen LogP contribution in [0.1, 0.15) is 40.5 Å². The Morgan fingerprint density at radius 1 is 1.24 bits per heavy atom. The lowest BCUT2D eigenvalue weighted by molar-refractivity contribution is 0.0705. The number of hydrogen-bond acceptors (Lipinski definition) is 4. The molecule has 108 valence electrons. The third-order valence-corrected chi connectivity index (χ3v) is 3.83. The van der Waals surface area contributed by atoms with Gasteiger partial charge in [-0.3, -0.25) is 19.7 Å². The highest BCUT2D eigenvalue weighted by atomic mass is 16.2. The summed E-state index contributed by atoms with van der Waals surface area (Å²) < 4.78 is 0. The molecule has 0 bridgehead atoms. The molecule has 1 atom stereocenters. The second-order valence-electron chi connectivity index (χ2n) is 5.41. The molecule has 3 heterocycles. The van der Waals surface area contributed by atoms with Crippen molar-refractivity contribution >= 4 is 5.91 Å². The van der Waals surface area contributed by atoms with Crippen LogP contribution in [0.15, 0.2) is 36.9 Å². The summed E-state index contributed by atoms with van der Waals surface area (Å²) in [5, 5.41) is 0. The second kappa shape index (κ2) is 5.99. The number of carbonyl (C=O) groups is 1. The molecule has 0 aliphatic carbocycles. The fraction of sp³-hybridized carbons (Fsp3) is 0.375. The zero-order chi connectivity index (χ0) is 14.7. The van der Waals surface area contributed by atoms with E-state index >= 15 is 0 Å². The molecule has 0 saturated carbocycles. The molecular weight excluding hydrogens is 264 g/mol. The van der Waals surface area contributed by atoms with Crippen molar-refractivity contribution in [3.05, 3.63) is 53.9 Å². The Bertz CT molecular complexity index is 629. The quantitative estimate of drug-likeness (QED) is 0.847. The maximum atomic E-state index is 12.5. The van der Waals surface area contributed by atoms with Gasteiger partial charge >= 0.3 is 0 Å². The molecule has 5 nitrogen and oxygen atoms in total. The first kappa shape index (κ1) is 13.7. The molecule has 2 aromatic rings. The van der Waals surface area contributed by atoms with Gasteiger partial charge in [-0.1, -0.05) is 0 Å². The van der Waals surface area contributed by atoms with Crippen LogP contribution in [-0.2, 0) is 0 Å². The van der Waals surface area contributed by atoms with E-state index in [4.69, 9.17) is 0 Å². The lowest BCUT2D eigenvalue weighted by Gasteiger charge is -2.32. The molecule has 21 heavy (non-hydrogen) atoms. The molecule has 0 aromatic carbocycles. The first-order valence-corrected chi connectivity index (χ1v) is 7.22. The maximum absolute atomic E-state index is 12.5. The molecule has 1 amide bonds. The molecule has 1 fully saturated rings. The van der Waals surface area contributed by atoms with Crippen LogP contribution < -0.4 is 0 Å². The zero-order valence-corrected chi connectivity index (χ0v) is 12.1. The van der Waals surface area contributed by atoms with E-state index in [0.29, 0.717) is 12.1 Å². The summed E-state index contributed by atoms with van der Waals surface area (Å²) in [6.45, 7) is 3.45. The van der Waals surface area contributed by atoms with Gasteiger partial charge in [-0.05, 0) is 31.9 Å². The van der Waals surface area contributed by atoms with Crippen LogP contribution in [0.25, 0.3) is 0 Å². The molecule has 1 saturated heterocycles. The first-order chi connectivity index (χ1) is 10.2. The van der Waals surface area contributed by atoms with Gasteiger partial charge in [0.05, 0.1) is 11.4 Å². The highest BCUT2D eigenvalue weighted by Crippen LogP contribution is 2.26. The molecule has 0 radical (unpaired) electrons. The summed E-state index contributed by atoms with van der Waals surface area (Å²) in [5.74, 6) is 0.347. The standard InChI is InChI=1S/C16H18N4O/c1-12-9-18-10-15(19-12)14-3-2-8-20(11-14)16(21)13-4-6-17-7-5-13/h4-7,9-10,14H,2-3,8,11H2,1H3/t14-/m0/s1. The van der Waals surface area contributed by atoms with Crippen molar-refractivity contribution in [1.82, 2.24) is 19.9 Å². The third-order valence-electron chi connectivity index (χ3n) is 3.83. The Morgan fingerprint density at radius 2 is 2.05 bits per heavy atom. The number of carbonyl (C=O) groups excluding carboxylic acids is 1. The predicted molar refractivity (Wildman–Crippen MR) is 78.9 cm³/mol. The largest absolute Gasteiger partial charge is 0.338 e. The van der Waals surface area contributed by atoms with Crippen molar-refractivity contribution in [3.8, 4) is 0 Å². The third kappa shape index (κ3) is 3.07. The highest BCUT2D eigenvalue weighted by Gasteiger charge is 2.26. The topological polar surface area (TPSA) is 59.0 Å². The summed E-state index contributed by atoms with van der Waals surface area (Å²) in [7, 11) is 0.